The Labute approximate surface area is 282 Å². The summed E-state index contributed by atoms with van der Waals surface area (Å²) in [7, 11) is 0. The van der Waals surface area contributed by atoms with Crippen molar-refractivity contribution >= 4 is 35.5 Å². The number of amides is 5. The zero-order valence-electron chi connectivity index (χ0n) is 28.3. The molecule has 5 atom stereocenters. The maximum Gasteiger partial charge on any atom is 0.243 e. The number of nitrogens with two attached hydrogens (primary N) is 4. The van der Waals surface area contributed by atoms with Crippen LogP contribution in [-0.4, -0.2) is 72.2 Å². The van der Waals surface area contributed by atoms with Gasteiger partial charge in [0, 0.05) is 13.0 Å². The molecule has 1 aromatic carbocycles. The van der Waals surface area contributed by atoms with Gasteiger partial charge in [-0.2, -0.15) is 0 Å². The van der Waals surface area contributed by atoms with Gasteiger partial charge in [0.05, 0.1) is 6.04 Å². The van der Waals surface area contributed by atoms with Crippen LogP contribution in [0.4, 0.5) is 4.39 Å². The lowest BCUT2D eigenvalue weighted by Gasteiger charge is -2.30. The molecule has 0 unspecified atom stereocenters. The maximum absolute atomic E-state index is 13.8. The number of hydrogen-bond acceptors (Lipinski definition) is 7. The van der Waals surface area contributed by atoms with E-state index in [-0.39, 0.29) is 43.6 Å². The Balaban J connectivity index is 2.27. The Morgan fingerprint density at radius 1 is 0.792 bits per heavy atom. The number of carbonyl (C=O) groups is 5. The molecule has 1 aliphatic rings. The molecule has 1 aliphatic carbocycles. The number of halogens is 1. The molecule has 1 aromatic rings. The highest BCUT2D eigenvalue weighted by Gasteiger charge is 2.33. The van der Waals surface area contributed by atoms with Crippen molar-refractivity contribution in [2.24, 2.45) is 39.8 Å². The number of nitrogens with zero attached hydrogens (tertiary/aromatic N) is 1. The summed E-state index contributed by atoms with van der Waals surface area (Å²) in [4.78, 5) is 69.7. The molecular formula is C33H54FN9O5. The smallest absolute Gasteiger partial charge is 0.243 e. The lowest BCUT2D eigenvalue weighted by Crippen LogP contribution is -2.59. The first-order valence-electron chi connectivity index (χ1n) is 16.7. The highest BCUT2D eigenvalue weighted by atomic mass is 19.1. The molecule has 48 heavy (non-hydrogen) atoms. The van der Waals surface area contributed by atoms with Gasteiger partial charge < -0.3 is 44.2 Å². The monoisotopic (exact) mass is 675 g/mol. The molecule has 12 N–H and O–H groups in total. The maximum atomic E-state index is 13.8. The molecule has 0 aromatic heterocycles. The standard InChI is InChI=1S/C33H54FN9O5/c1-19(2)16-25(42-32(48)26(41-29(45)20(3)35)18-22-11-13-23(34)14-12-22)30(46)43-27(17-21-8-5-4-6-9-21)31(47)40-24(28(36)44)10-7-15-39-33(37)38/h11-14,19-21,24-27H,4-10,15-18,35H2,1-3H3,(H2,36,44)(H,40,47)(H,41,45)(H,42,48)(H,43,46)(H4,37,38,39)/t20-,24-,25-,26-,27-/m0/s1. The van der Waals surface area contributed by atoms with Crippen molar-refractivity contribution in [1.82, 2.24) is 21.3 Å². The molecule has 0 bridgehead atoms. The summed E-state index contributed by atoms with van der Waals surface area (Å²) < 4.78 is 13.5. The largest absolute Gasteiger partial charge is 0.370 e. The quantitative estimate of drug-likeness (QED) is 0.0570. The van der Waals surface area contributed by atoms with E-state index in [2.05, 4.69) is 26.3 Å². The summed E-state index contributed by atoms with van der Waals surface area (Å²) in [5, 5.41) is 10.9. The van der Waals surface area contributed by atoms with Crippen LogP contribution in [0.5, 0.6) is 0 Å². The Hall–Kier alpha value is -4.27. The van der Waals surface area contributed by atoms with Gasteiger partial charge in [-0.1, -0.05) is 58.1 Å². The predicted molar refractivity (Wildman–Crippen MR) is 181 cm³/mol. The molecular weight excluding hydrogens is 621 g/mol. The van der Waals surface area contributed by atoms with Crippen molar-refractivity contribution in [2.75, 3.05) is 6.54 Å². The third kappa shape index (κ3) is 14.7. The molecule has 0 radical (unpaired) electrons. The molecule has 5 amide bonds. The van der Waals surface area contributed by atoms with Gasteiger partial charge in [-0.25, -0.2) is 4.39 Å². The number of carbonyl (C=O) groups excluding carboxylic acids is 5. The fourth-order valence-electron chi connectivity index (χ4n) is 5.67. The topological polar surface area (TPSA) is 250 Å². The zero-order chi connectivity index (χ0) is 35.8. The van der Waals surface area contributed by atoms with Gasteiger partial charge in [-0.3, -0.25) is 29.0 Å². The minimum atomic E-state index is -1.12. The minimum Gasteiger partial charge on any atom is -0.370 e. The van der Waals surface area contributed by atoms with Crippen molar-refractivity contribution in [2.45, 2.75) is 115 Å². The zero-order valence-corrected chi connectivity index (χ0v) is 28.3. The predicted octanol–water partition coefficient (Wildman–Crippen LogP) is 0.210. The van der Waals surface area contributed by atoms with E-state index in [1.807, 2.05) is 13.8 Å². The van der Waals surface area contributed by atoms with E-state index in [1.165, 1.54) is 31.2 Å². The van der Waals surface area contributed by atoms with Crippen LogP contribution in [0.25, 0.3) is 0 Å². The SMILES string of the molecule is CC(C)C[C@H](NC(=O)[C@H](Cc1ccc(F)cc1)NC(=O)[C@H](C)N)C(=O)N[C@@H](CC1CCCCC1)C(=O)N[C@@H](CCCN=C(N)N)C(N)=O. The number of primary amides is 1. The molecule has 0 heterocycles. The van der Waals surface area contributed by atoms with Crippen LogP contribution in [0.15, 0.2) is 29.3 Å². The molecule has 1 saturated carbocycles. The van der Waals surface area contributed by atoms with Gasteiger partial charge in [0.2, 0.25) is 29.5 Å². The fourth-order valence-corrected chi connectivity index (χ4v) is 5.67. The normalized spacial score (nSPS) is 16.5. The van der Waals surface area contributed by atoms with Crippen molar-refractivity contribution in [1.29, 1.82) is 0 Å². The van der Waals surface area contributed by atoms with Gasteiger partial charge in [0.15, 0.2) is 5.96 Å². The molecule has 15 heteroatoms. The minimum absolute atomic E-state index is 0.0188. The highest BCUT2D eigenvalue weighted by Crippen LogP contribution is 2.27. The first-order valence-corrected chi connectivity index (χ1v) is 16.7. The van der Waals surface area contributed by atoms with Crippen LogP contribution in [0.1, 0.15) is 84.1 Å². The number of rotatable bonds is 19. The summed E-state index contributed by atoms with van der Waals surface area (Å²) in [6.45, 7) is 5.48. The summed E-state index contributed by atoms with van der Waals surface area (Å²) in [5.74, 6) is -3.50. The highest BCUT2D eigenvalue weighted by molar-refractivity contribution is 5.95. The molecule has 14 nitrogen and oxygen atoms in total. The Morgan fingerprint density at radius 2 is 1.33 bits per heavy atom. The van der Waals surface area contributed by atoms with E-state index in [0.29, 0.717) is 18.4 Å². The van der Waals surface area contributed by atoms with Crippen LogP contribution in [0.3, 0.4) is 0 Å². The van der Waals surface area contributed by atoms with Gasteiger partial charge >= 0.3 is 0 Å². The number of hydrogen-bond donors (Lipinski definition) is 8. The van der Waals surface area contributed by atoms with Crippen molar-refractivity contribution in [3.8, 4) is 0 Å². The summed E-state index contributed by atoms with van der Waals surface area (Å²) in [5.41, 5.74) is 22.6. The van der Waals surface area contributed by atoms with E-state index < -0.39 is 65.6 Å². The lowest BCUT2D eigenvalue weighted by atomic mass is 9.84. The number of aliphatic imine (C=N–C) groups is 1. The van der Waals surface area contributed by atoms with Crippen LogP contribution < -0.4 is 44.2 Å². The average molecular weight is 676 g/mol. The second-order valence-electron chi connectivity index (χ2n) is 13.1. The van der Waals surface area contributed by atoms with Crippen molar-refractivity contribution in [3.05, 3.63) is 35.6 Å². The van der Waals surface area contributed by atoms with E-state index in [9.17, 15) is 28.4 Å². The first-order chi connectivity index (χ1) is 22.7. The lowest BCUT2D eigenvalue weighted by molar-refractivity contribution is -0.135. The van der Waals surface area contributed by atoms with Gasteiger partial charge in [-0.15, -0.1) is 0 Å². The second-order valence-corrected chi connectivity index (χ2v) is 13.1. The van der Waals surface area contributed by atoms with E-state index in [1.54, 1.807) is 0 Å². The van der Waals surface area contributed by atoms with Crippen LogP contribution in [-0.2, 0) is 30.4 Å². The average Bonchev–Trinajstić information content (AvgIpc) is 3.02. The van der Waals surface area contributed by atoms with Crippen molar-refractivity contribution in [3.63, 3.8) is 0 Å². The van der Waals surface area contributed by atoms with E-state index in [0.717, 1.165) is 32.1 Å². The Kier molecular flexibility index (Phi) is 16.8. The van der Waals surface area contributed by atoms with Crippen LogP contribution in [0, 0.1) is 17.7 Å². The van der Waals surface area contributed by atoms with Crippen LogP contribution >= 0.6 is 0 Å². The first kappa shape index (κ1) is 39.9. The fraction of sp³-hybridized carbons (Fsp3) is 0.636. The van der Waals surface area contributed by atoms with Gasteiger partial charge in [0.25, 0.3) is 0 Å². The van der Waals surface area contributed by atoms with Crippen LogP contribution in [0.2, 0.25) is 0 Å². The third-order valence-corrected chi connectivity index (χ3v) is 8.27. The Bertz CT molecular complexity index is 1250. The molecule has 0 saturated heterocycles. The summed E-state index contributed by atoms with van der Waals surface area (Å²) in [6.07, 6.45) is 6.08. The molecule has 0 aliphatic heterocycles. The third-order valence-electron chi connectivity index (χ3n) is 8.27. The van der Waals surface area contributed by atoms with Crippen molar-refractivity contribution < 1.29 is 28.4 Å². The van der Waals surface area contributed by atoms with Gasteiger partial charge in [-0.05, 0) is 62.1 Å². The number of benzene rings is 1. The molecule has 1 fully saturated rings. The Morgan fingerprint density at radius 3 is 1.90 bits per heavy atom. The number of nitrogens with one attached hydrogen (secondary N) is 4. The second kappa shape index (κ2) is 20.2. The van der Waals surface area contributed by atoms with Gasteiger partial charge in [0.1, 0.15) is 30.0 Å². The van der Waals surface area contributed by atoms with E-state index >= 15 is 0 Å². The molecule has 0 spiro atoms. The summed E-state index contributed by atoms with van der Waals surface area (Å²) in [6, 6.07) is 0.401. The van der Waals surface area contributed by atoms with E-state index in [4.69, 9.17) is 22.9 Å². The number of guanidine groups is 1. The molecule has 268 valence electrons. The summed E-state index contributed by atoms with van der Waals surface area (Å²) >= 11 is 0. The molecule has 2 rings (SSSR count).